The minimum absolute atomic E-state index is 0.114. The first-order valence-corrected chi connectivity index (χ1v) is 11.1. The van der Waals surface area contributed by atoms with Crippen LogP contribution in [-0.4, -0.2) is 36.1 Å². The standard InChI is InChI=1S/C26H30N4O2/c1-3-19-11-18(10-9-17(19)2)16-32-24-15-28-14-23(24)30-26(31)22-12-21(13-29-25(22)27)20-7-5-4-6-8-20/h4-13,23-24,28H,3,14-16H2,1-2H3,(H2,27,29)(H,30,31)/t23?,24-/m0/s1. The van der Waals surface area contributed by atoms with Crippen molar-refractivity contribution in [1.29, 1.82) is 0 Å². The van der Waals surface area contributed by atoms with E-state index in [-0.39, 0.29) is 23.9 Å². The summed E-state index contributed by atoms with van der Waals surface area (Å²) in [7, 11) is 0. The zero-order chi connectivity index (χ0) is 22.5. The first-order chi connectivity index (χ1) is 15.5. The first-order valence-electron chi connectivity index (χ1n) is 11.1. The molecule has 32 heavy (non-hydrogen) atoms. The summed E-state index contributed by atoms with van der Waals surface area (Å²) in [5.41, 5.74) is 12.0. The predicted molar refractivity (Wildman–Crippen MR) is 127 cm³/mol. The zero-order valence-electron chi connectivity index (χ0n) is 18.6. The van der Waals surface area contributed by atoms with Crippen molar-refractivity contribution in [3.8, 4) is 11.1 Å². The SMILES string of the molecule is CCc1cc(CO[C@H]2CNCC2NC(=O)c2cc(-c3ccccc3)cnc2N)ccc1C. The van der Waals surface area contributed by atoms with Gasteiger partial charge in [0, 0.05) is 24.8 Å². The van der Waals surface area contributed by atoms with E-state index in [0.29, 0.717) is 25.3 Å². The molecule has 1 fully saturated rings. The average molecular weight is 431 g/mol. The van der Waals surface area contributed by atoms with Gasteiger partial charge in [0.05, 0.1) is 24.3 Å². The van der Waals surface area contributed by atoms with Crippen LogP contribution in [0.1, 0.15) is 34.0 Å². The van der Waals surface area contributed by atoms with Crippen LogP contribution in [0.15, 0.2) is 60.8 Å². The van der Waals surface area contributed by atoms with Gasteiger partial charge in [-0.15, -0.1) is 0 Å². The summed E-state index contributed by atoms with van der Waals surface area (Å²) in [6.45, 7) is 6.14. The Morgan fingerprint density at radius 1 is 1.16 bits per heavy atom. The van der Waals surface area contributed by atoms with Gasteiger partial charge in [-0.05, 0) is 41.7 Å². The molecule has 6 heteroatoms. The van der Waals surface area contributed by atoms with E-state index in [0.717, 1.165) is 23.1 Å². The molecule has 4 rings (SSSR count). The maximum atomic E-state index is 13.0. The van der Waals surface area contributed by atoms with Crippen molar-refractivity contribution in [2.75, 3.05) is 18.8 Å². The van der Waals surface area contributed by atoms with Crippen molar-refractivity contribution in [3.63, 3.8) is 0 Å². The molecular weight excluding hydrogens is 400 g/mol. The number of benzene rings is 2. The van der Waals surface area contributed by atoms with Gasteiger partial charge >= 0.3 is 0 Å². The maximum absolute atomic E-state index is 13.0. The highest BCUT2D eigenvalue weighted by atomic mass is 16.5. The van der Waals surface area contributed by atoms with Crippen LogP contribution in [0.25, 0.3) is 11.1 Å². The lowest BCUT2D eigenvalue weighted by atomic mass is 10.0. The summed E-state index contributed by atoms with van der Waals surface area (Å²) in [6, 6.07) is 17.9. The molecule has 2 heterocycles. The summed E-state index contributed by atoms with van der Waals surface area (Å²) in [4.78, 5) is 17.3. The molecule has 1 amide bonds. The number of carbonyl (C=O) groups excluding carboxylic acids is 1. The Kier molecular flexibility index (Phi) is 6.83. The Bertz CT molecular complexity index is 1080. The first kappa shape index (κ1) is 22.0. The molecule has 1 aliphatic heterocycles. The molecule has 1 aromatic heterocycles. The van der Waals surface area contributed by atoms with Gasteiger partial charge in [-0.2, -0.15) is 0 Å². The smallest absolute Gasteiger partial charge is 0.255 e. The fourth-order valence-corrected chi connectivity index (χ4v) is 4.06. The second-order valence-corrected chi connectivity index (χ2v) is 8.22. The van der Waals surface area contributed by atoms with E-state index in [1.807, 2.05) is 30.3 Å². The van der Waals surface area contributed by atoms with Gasteiger partial charge in [0.2, 0.25) is 0 Å². The molecule has 4 N–H and O–H groups in total. The number of rotatable bonds is 7. The lowest BCUT2D eigenvalue weighted by molar-refractivity contribution is 0.0357. The molecule has 166 valence electrons. The van der Waals surface area contributed by atoms with Crippen LogP contribution in [-0.2, 0) is 17.8 Å². The zero-order valence-corrected chi connectivity index (χ0v) is 18.6. The fraction of sp³-hybridized carbons (Fsp3) is 0.308. The highest BCUT2D eigenvalue weighted by Crippen LogP contribution is 2.22. The van der Waals surface area contributed by atoms with Gasteiger partial charge in [0.15, 0.2) is 0 Å². The van der Waals surface area contributed by atoms with E-state index in [2.05, 4.69) is 47.7 Å². The Balaban J connectivity index is 1.42. The number of nitrogens with zero attached hydrogens (tertiary/aromatic N) is 1. The molecule has 1 unspecified atom stereocenters. The van der Waals surface area contributed by atoms with Crippen LogP contribution in [0.4, 0.5) is 5.82 Å². The minimum atomic E-state index is -0.237. The van der Waals surface area contributed by atoms with Crippen molar-refractivity contribution in [3.05, 3.63) is 83.0 Å². The largest absolute Gasteiger partial charge is 0.383 e. The predicted octanol–water partition coefficient (Wildman–Crippen LogP) is 3.49. The lowest BCUT2D eigenvalue weighted by Gasteiger charge is -2.21. The molecule has 2 atom stereocenters. The number of aromatic nitrogens is 1. The number of aryl methyl sites for hydroxylation is 2. The molecule has 1 saturated heterocycles. The van der Waals surface area contributed by atoms with E-state index in [4.69, 9.17) is 10.5 Å². The maximum Gasteiger partial charge on any atom is 0.255 e. The number of pyridine rings is 1. The molecule has 0 saturated carbocycles. The number of nitrogens with two attached hydrogens (primary N) is 1. The number of anilines is 1. The van der Waals surface area contributed by atoms with Crippen molar-refractivity contribution in [1.82, 2.24) is 15.6 Å². The highest BCUT2D eigenvalue weighted by molar-refractivity contribution is 5.99. The fourth-order valence-electron chi connectivity index (χ4n) is 4.06. The van der Waals surface area contributed by atoms with Crippen LogP contribution >= 0.6 is 0 Å². The van der Waals surface area contributed by atoms with Gasteiger partial charge in [0.25, 0.3) is 5.91 Å². The monoisotopic (exact) mass is 430 g/mol. The minimum Gasteiger partial charge on any atom is -0.383 e. The molecule has 0 aliphatic carbocycles. The lowest BCUT2D eigenvalue weighted by Crippen LogP contribution is -2.44. The second kappa shape index (κ2) is 9.94. The number of nitrogen functional groups attached to an aromatic ring is 1. The van der Waals surface area contributed by atoms with Gasteiger partial charge in [0.1, 0.15) is 5.82 Å². The molecule has 1 aliphatic rings. The number of hydrogen-bond donors (Lipinski definition) is 3. The number of ether oxygens (including phenoxy) is 1. The molecule has 0 bridgehead atoms. The molecule has 0 spiro atoms. The normalized spacial score (nSPS) is 17.9. The Morgan fingerprint density at radius 3 is 2.75 bits per heavy atom. The second-order valence-electron chi connectivity index (χ2n) is 8.22. The number of nitrogens with one attached hydrogen (secondary N) is 2. The highest BCUT2D eigenvalue weighted by Gasteiger charge is 2.30. The number of carbonyl (C=O) groups is 1. The van der Waals surface area contributed by atoms with Crippen molar-refractivity contribution in [2.45, 2.75) is 39.0 Å². The van der Waals surface area contributed by atoms with E-state index < -0.39 is 0 Å². The third-order valence-corrected chi connectivity index (χ3v) is 6.00. The topological polar surface area (TPSA) is 89.3 Å². The van der Waals surface area contributed by atoms with Gasteiger partial charge in [-0.3, -0.25) is 4.79 Å². The number of amides is 1. The summed E-state index contributed by atoms with van der Waals surface area (Å²) in [5.74, 6) is -0.0176. The molecule has 6 nitrogen and oxygen atoms in total. The summed E-state index contributed by atoms with van der Waals surface area (Å²) < 4.78 is 6.18. The van der Waals surface area contributed by atoms with E-state index in [1.54, 1.807) is 12.3 Å². The van der Waals surface area contributed by atoms with Crippen molar-refractivity contribution < 1.29 is 9.53 Å². The number of hydrogen-bond acceptors (Lipinski definition) is 5. The van der Waals surface area contributed by atoms with Crippen molar-refractivity contribution >= 4 is 11.7 Å². The third-order valence-electron chi connectivity index (χ3n) is 6.00. The van der Waals surface area contributed by atoms with Gasteiger partial charge in [-0.1, -0.05) is 55.5 Å². The van der Waals surface area contributed by atoms with Crippen LogP contribution in [0.3, 0.4) is 0 Å². The van der Waals surface area contributed by atoms with Crippen molar-refractivity contribution in [2.24, 2.45) is 0 Å². The summed E-state index contributed by atoms with van der Waals surface area (Å²) in [6.07, 6.45) is 2.58. The van der Waals surface area contributed by atoms with E-state index in [9.17, 15) is 4.79 Å². The van der Waals surface area contributed by atoms with Gasteiger partial charge in [-0.25, -0.2) is 4.98 Å². The third kappa shape index (κ3) is 4.98. The van der Waals surface area contributed by atoms with Crippen LogP contribution < -0.4 is 16.4 Å². The van der Waals surface area contributed by atoms with Gasteiger partial charge < -0.3 is 21.1 Å². The molecule has 3 aromatic rings. The van der Waals surface area contributed by atoms with Crippen LogP contribution in [0.2, 0.25) is 0 Å². The Hall–Kier alpha value is -3.22. The summed E-state index contributed by atoms with van der Waals surface area (Å²) in [5, 5.41) is 6.40. The van der Waals surface area contributed by atoms with E-state index >= 15 is 0 Å². The van der Waals surface area contributed by atoms with Crippen LogP contribution in [0, 0.1) is 6.92 Å². The Labute approximate surface area is 189 Å². The average Bonchev–Trinajstić information content (AvgIpc) is 3.26. The van der Waals surface area contributed by atoms with E-state index in [1.165, 1.54) is 11.1 Å². The molecule has 0 radical (unpaired) electrons. The molecule has 2 aromatic carbocycles. The Morgan fingerprint density at radius 2 is 1.97 bits per heavy atom. The summed E-state index contributed by atoms with van der Waals surface area (Å²) >= 11 is 0. The molecular formula is C26H30N4O2. The van der Waals surface area contributed by atoms with Crippen LogP contribution in [0.5, 0.6) is 0 Å². The quantitative estimate of drug-likeness (QED) is 0.534.